The first-order chi connectivity index (χ1) is 9.08. The van der Waals surface area contributed by atoms with E-state index >= 15 is 0 Å². The lowest BCUT2D eigenvalue weighted by Gasteiger charge is -2.16. The average Bonchev–Trinajstić information content (AvgIpc) is 2.40. The van der Waals surface area contributed by atoms with Gasteiger partial charge in [-0.25, -0.2) is 4.98 Å². The molecular formula is C14H16N4O. The minimum absolute atomic E-state index is 0.106. The van der Waals surface area contributed by atoms with Crippen LogP contribution in [0.5, 0.6) is 5.75 Å². The number of aryl methyl sites for hydroxylation is 1. The Morgan fingerprint density at radius 3 is 2.58 bits per heavy atom. The fourth-order valence-corrected chi connectivity index (χ4v) is 1.75. The van der Waals surface area contributed by atoms with Gasteiger partial charge in [0.25, 0.3) is 0 Å². The van der Waals surface area contributed by atoms with Crippen LogP contribution >= 0.6 is 0 Å². The van der Waals surface area contributed by atoms with Crippen molar-refractivity contribution in [3.05, 3.63) is 42.1 Å². The minimum atomic E-state index is 0.106. The van der Waals surface area contributed by atoms with Crippen molar-refractivity contribution in [2.45, 2.75) is 6.92 Å². The van der Waals surface area contributed by atoms with Gasteiger partial charge in [0, 0.05) is 32.0 Å². The van der Waals surface area contributed by atoms with E-state index in [1.165, 1.54) is 0 Å². The average molecular weight is 256 g/mol. The van der Waals surface area contributed by atoms with Crippen LogP contribution in [0.25, 0.3) is 0 Å². The fraction of sp³-hybridized carbons (Fsp3) is 0.214. The number of nitrogens with zero attached hydrogens (tertiary/aromatic N) is 4. The quantitative estimate of drug-likeness (QED) is 0.854. The van der Waals surface area contributed by atoms with Gasteiger partial charge in [-0.05, 0) is 30.7 Å². The summed E-state index contributed by atoms with van der Waals surface area (Å²) in [6.45, 7) is 1.97. The Labute approximate surface area is 112 Å². The van der Waals surface area contributed by atoms with Crippen LogP contribution in [0.4, 0.5) is 17.2 Å². The number of rotatable bonds is 3. The van der Waals surface area contributed by atoms with E-state index in [1.54, 1.807) is 24.4 Å². The van der Waals surface area contributed by atoms with Gasteiger partial charge in [0.05, 0.1) is 0 Å². The molecule has 0 spiro atoms. The van der Waals surface area contributed by atoms with E-state index in [0.717, 1.165) is 11.3 Å². The number of hydrogen-bond donors (Lipinski definition) is 1. The van der Waals surface area contributed by atoms with Gasteiger partial charge in [0.1, 0.15) is 11.4 Å². The SMILES string of the molecule is Cc1cc(/N=N/c2ccccn2)c(O)cc1N(C)C. The molecule has 0 radical (unpaired) electrons. The minimum Gasteiger partial charge on any atom is -0.506 e. The van der Waals surface area contributed by atoms with Gasteiger partial charge in [-0.2, -0.15) is 0 Å². The van der Waals surface area contributed by atoms with Gasteiger partial charge in [-0.3, -0.25) is 0 Å². The maximum atomic E-state index is 9.94. The van der Waals surface area contributed by atoms with Gasteiger partial charge >= 0.3 is 0 Å². The van der Waals surface area contributed by atoms with Crippen LogP contribution in [-0.4, -0.2) is 24.2 Å². The lowest BCUT2D eigenvalue weighted by molar-refractivity contribution is 0.476. The highest BCUT2D eigenvalue weighted by atomic mass is 16.3. The number of phenols is 1. The summed E-state index contributed by atoms with van der Waals surface area (Å²) >= 11 is 0. The molecule has 0 fully saturated rings. The second kappa shape index (κ2) is 5.48. The van der Waals surface area contributed by atoms with Gasteiger partial charge in [0.2, 0.25) is 0 Å². The van der Waals surface area contributed by atoms with E-state index in [-0.39, 0.29) is 5.75 Å². The number of phenolic OH excluding ortho intramolecular Hbond substituents is 1. The molecule has 2 aromatic rings. The van der Waals surface area contributed by atoms with Crippen LogP contribution in [-0.2, 0) is 0 Å². The summed E-state index contributed by atoms with van der Waals surface area (Å²) in [5, 5.41) is 18.0. The molecule has 5 nitrogen and oxygen atoms in total. The van der Waals surface area contributed by atoms with Crippen molar-refractivity contribution < 1.29 is 5.11 Å². The van der Waals surface area contributed by atoms with E-state index in [0.29, 0.717) is 11.5 Å². The molecule has 2 rings (SSSR count). The Balaban J connectivity index is 2.32. The van der Waals surface area contributed by atoms with Crippen LogP contribution in [0.15, 0.2) is 46.8 Å². The van der Waals surface area contributed by atoms with Crippen molar-refractivity contribution in [1.29, 1.82) is 0 Å². The van der Waals surface area contributed by atoms with Crippen molar-refractivity contribution in [3.8, 4) is 5.75 Å². The van der Waals surface area contributed by atoms with E-state index < -0.39 is 0 Å². The molecule has 0 saturated carbocycles. The van der Waals surface area contributed by atoms with Crippen molar-refractivity contribution in [1.82, 2.24) is 4.98 Å². The number of hydrogen-bond acceptors (Lipinski definition) is 5. The maximum Gasteiger partial charge on any atom is 0.174 e. The summed E-state index contributed by atoms with van der Waals surface area (Å²) in [6, 6.07) is 8.88. The Morgan fingerprint density at radius 1 is 1.16 bits per heavy atom. The second-order valence-electron chi connectivity index (χ2n) is 4.41. The number of aromatic nitrogens is 1. The van der Waals surface area contributed by atoms with Crippen LogP contribution in [0.1, 0.15) is 5.56 Å². The lowest BCUT2D eigenvalue weighted by atomic mass is 10.1. The molecule has 0 amide bonds. The first-order valence-electron chi connectivity index (χ1n) is 5.91. The highest BCUT2D eigenvalue weighted by molar-refractivity contribution is 5.65. The monoisotopic (exact) mass is 256 g/mol. The predicted molar refractivity (Wildman–Crippen MR) is 75.6 cm³/mol. The van der Waals surface area contributed by atoms with Gasteiger partial charge in [-0.1, -0.05) is 6.07 Å². The summed E-state index contributed by atoms with van der Waals surface area (Å²) in [5.41, 5.74) is 2.42. The Kier molecular flexibility index (Phi) is 3.75. The normalized spacial score (nSPS) is 10.9. The summed E-state index contributed by atoms with van der Waals surface area (Å²) in [4.78, 5) is 5.98. The molecule has 19 heavy (non-hydrogen) atoms. The highest BCUT2D eigenvalue weighted by Gasteiger charge is 2.07. The fourth-order valence-electron chi connectivity index (χ4n) is 1.75. The van der Waals surface area contributed by atoms with Gasteiger partial charge in [-0.15, -0.1) is 10.2 Å². The maximum absolute atomic E-state index is 9.94. The molecule has 0 bridgehead atoms. The van der Waals surface area contributed by atoms with Crippen molar-refractivity contribution in [2.75, 3.05) is 19.0 Å². The zero-order chi connectivity index (χ0) is 13.8. The predicted octanol–water partition coefficient (Wildman–Crippen LogP) is 3.58. The molecule has 0 saturated heterocycles. The summed E-state index contributed by atoms with van der Waals surface area (Å²) in [7, 11) is 3.85. The molecule has 1 heterocycles. The summed E-state index contributed by atoms with van der Waals surface area (Å²) < 4.78 is 0. The van der Waals surface area contributed by atoms with Gasteiger partial charge < -0.3 is 10.0 Å². The molecular weight excluding hydrogens is 240 g/mol. The topological polar surface area (TPSA) is 61.1 Å². The zero-order valence-electron chi connectivity index (χ0n) is 11.2. The molecule has 98 valence electrons. The van der Waals surface area contributed by atoms with E-state index in [2.05, 4.69) is 15.2 Å². The van der Waals surface area contributed by atoms with Crippen molar-refractivity contribution in [3.63, 3.8) is 0 Å². The molecule has 0 aliphatic heterocycles. The van der Waals surface area contributed by atoms with Gasteiger partial charge in [0.15, 0.2) is 5.82 Å². The molecule has 0 aliphatic rings. The molecule has 1 aromatic carbocycles. The first kappa shape index (κ1) is 13.0. The molecule has 1 aromatic heterocycles. The summed E-state index contributed by atoms with van der Waals surface area (Å²) in [5.74, 6) is 0.616. The third-order valence-corrected chi connectivity index (χ3v) is 2.68. The van der Waals surface area contributed by atoms with Crippen LogP contribution in [0.3, 0.4) is 0 Å². The number of pyridine rings is 1. The van der Waals surface area contributed by atoms with E-state index in [9.17, 15) is 5.11 Å². The Bertz CT molecular complexity index is 594. The van der Waals surface area contributed by atoms with Crippen LogP contribution < -0.4 is 4.90 Å². The Morgan fingerprint density at radius 2 is 1.95 bits per heavy atom. The summed E-state index contributed by atoms with van der Waals surface area (Å²) in [6.07, 6.45) is 1.65. The standard InChI is InChI=1S/C14H16N4O/c1-10-8-11(13(19)9-12(10)18(2)3)16-17-14-6-4-5-7-15-14/h4-9,19H,1-3H3/b17-16+. The molecule has 0 aliphatic carbocycles. The molecule has 5 heteroatoms. The first-order valence-corrected chi connectivity index (χ1v) is 5.91. The lowest BCUT2D eigenvalue weighted by Crippen LogP contribution is -2.09. The Hall–Kier alpha value is -2.43. The van der Waals surface area contributed by atoms with Crippen LogP contribution in [0, 0.1) is 6.92 Å². The number of azo groups is 1. The molecule has 1 N–H and O–H groups in total. The molecule has 0 unspecified atom stereocenters. The highest BCUT2D eigenvalue weighted by Crippen LogP contribution is 2.34. The number of anilines is 1. The van der Waals surface area contributed by atoms with Crippen molar-refractivity contribution >= 4 is 17.2 Å². The second-order valence-corrected chi connectivity index (χ2v) is 4.41. The van der Waals surface area contributed by atoms with Crippen molar-refractivity contribution in [2.24, 2.45) is 10.2 Å². The number of benzene rings is 1. The van der Waals surface area contributed by atoms with E-state index in [1.807, 2.05) is 38.1 Å². The zero-order valence-corrected chi connectivity index (χ0v) is 11.2. The third kappa shape index (κ3) is 3.07. The molecule has 0 atom stereocenters. The smallest absolute Gasteiger partial charge is 0.174 e. The number of aromatic hydroxyl groups is 1. The third-order valence-electron chi connectivity index (χ3n) is 2.68. The van der Waals surface area contributed by atoms with Crippen LogP contribution in [0.2, 0.25) is 0 Å². The largest absolute Gasteiger partial charge is 0.506 e. The van der Waals surface area contributed by atoms with E-state index in [4.69, 9.17) is 0 Å².